The fourth-order valence-electron chi connectivity index (χ4n) is 2.73. The van der Waals surface area contributed by atoms with Crippen molar-refractivity contribution < 1.29 is 19.0 Å². The lowest BCUT2D eigenvalue weighted by atomic mass is 10.1. The fourth-order valence-corrected chi connectivity index (χ4v) is 2.73. The monoisotopic (exact) mass is 357 g/mol. The van der Waals surface area contributed by atoms with Gasteiger partial charge in [0.1, 0.15) is 5.75 Å². The number of amides is 1. The molecule has 0 spiro atoms. The Morgan fingerprint density at radius 1 is 1.08 bits per heavy atom. The van der Waals surface area contributed by atoms with Gasteiger partial charge in [0.2, 0.25) is 5.91 Å². The molecule has 26 heavy (non-hydrogen) atoms. The summed E-state index contributed by atoms with van der Waals surface area (Å²) in [6, 6.07) is 13.4. The number of hydrogen-bond donors (Lipinski definition) is 1. The van der Waals surface area contributed by atoms with E-state index in [9.17, 15) is 4.79 Å². The molecule has 2 aromatic rings. The molecule has 0 heterocycles. The minimum absolute atomic E-state index is 0.00842. The number of benzene rings is 2. The van der Waals surface area contributed by atoms with Crippen LogP contribution >= 0.6 is 0 Å². The molecule has 0 aliphatic carbocycles. The van der Waals surface area contributed by atoms with E-state index in [0.29, 0.717) is 30.9 Å². The Morgan fingerprint density at radius 2 is 1.85 bits per heavy atom. The zero-order valence-corrected chi connectivity index (χ0v) is 15.9. The van der Waals surface area contributed by atoms with Crippen LogP contribution in [-0.2, 0) is 11.2 Å². The number of ether oxygens (including phenoxy) is 3. The van der Waals surface area contributed by atoms with Gasteiger partial charge in [-0.25, -0.2) is 0 Å². The van der Waals surface area contributed by atoms with Crippen LogP contribution in [0.2, 0.25) is 0 Å². The Morgan fingerprint density at radius 3 is 2.54 bits per heavy atom. The minimum Gasteiger partial charge on any atom is -0.494 e. The van der Waals surface area contributed by atoms with Crippen LogP contribution < -0.4 is 19.5 Å². The maximum atomic E-state index is 12.3. The third-order valence-electron chi connectivity index (χ3n) is 4.14. The van der Waals surface area contributed by atoms with Crippen LogP contribution in [0.3, 0.4) is 0 Å². The summed E-state index contributed by atoms with van der Waals surface area (Å²) >= 11 is 0. The summed E-state index contributed by atoms with van der Waals surface area (Å²) in [6.45, 7) is 4.54. The van der Waals surface area contributed by atoms with E-state index in [4.69, 9.17) is 14.2 Å². The Balaban J connectivity index is 1.91. The third-order valence-corrected chi connectivity index (χ3v) is 4.14. The highest BCUT2D eigenvalue weighted by Gasteiger charge is 2.11. The highest BCUT2D eigenvalue weighted by Crippen LogP contribution is 2.28. The van der Waals surface area contributed by atoms with Crippen LogP contribution in [0.25, 0.3) is 0 Å². The molecular weight excluding hydrogens is 330 g/mol. The molecular formula is C21H27NO4. The topological polar surface area (TPSA) is 56.8 Å². The third kappa shape index (κ3) is 5.41. The van der Waals surface area contributed by atoms with Crippen LogP contribution in [-0.4, -0.2) is 26.7 Å². The lowest BCUT2D eigenvalue weighted by molar-refractivity contribution is -0.121. The predicted molar refractivity (Wildman–Crippen MR) is 102 cm³/mol. The van der Waals surface area contributed by atoms with E-state index in [1.165, 1.54) is 0 Å². The average Bonchev–Trinajstić information content (AvgIpc) is 2.66. The quantitative estimate of drug-likeness (QED) is 0.739. The number of carbonyl (C=O) groups is 1. The molecule has 140 valence electrons. The molecule has 0 fully saturated rings. The summed E-state index contributed by atoms with van der Waals surface area (Å²) in [5, 5.41) is 3.04. The molecule has 1 unspecified atom stereocenters. The molecule has 5 nitrogen and oxygen atoms in total. The SMILES string of the molecule is CCOc1cccc(C(C)NC(=O)CCc2ccc(OC)c(OC)c2)c1. The van der Waals surface area contributed by atoms with Gasteiger partial charge in [-0.05, 0) is 55.7 Å². The maximum absolute atomic E-state index is 12.3. The van der Waals surface area contributed by atoms with Gasteiger partial charge in [0.25, 0.3) is 0 Å². The van der Waals surface area contributed by atoms with E-state index >= 15 is 0 Å². The molecule has 0 bridgehead atoms. The number of methoxy groups -OCH3 is 2. The van der Waals surface area contributed by atoms with Crippen molar-refractivity contribution in [3.8, 4) is 17.2 Å². The molecule has 2 aromatic carbocycles. The van der Waals surface area contributed by atoms with Gasteiger partial charge in [-0.1, -0.05) is 18.2 Å². The molecule has 0 aliphatic rings. The molecule has 0 aromatic heterocycles. The number of rotatable bonds is 9. The smallest absolute Gasteiger partial charge is 0.220 e. The number of aryl methyl sites for hydroxylation is 1. The van der Waals surface area contributed by atoms with Gasteiger partial charge in [-0.2, -0.15) is 0 Å². The first-order valence-electron chi connectivity index (χ1n) is 8.80. The zero-order chi connectivity index (χ0) is 18.9. The molecule has 1 N–H and O–H groups in total. The number of carbonyl (C=O) groups excluding carboxylic acids is 1. The highest BCUT2D eigenvalue weighted by atomic mass is 16.5. The second-order valence-electron chi connectivity index (χ2n) is 5.98. The molecule has 2 rings (SSSR count). The summed E-state index contributed by atoms with van der Waals surface area (Å²) in [5.74, 6) is 2.18. The largest absolute Gasteiger partial charge is 0.494 e. The molecule has 0 saturated heterocycles. The first kappa shape index (κ1) is 19.6. The van der Waals surface area contributed by atoms with E-state index in [2.05, 4.69) is 5.32 Å². The molecule has 0 aliphatic heterocycles. The van der Waals surface area contributed by atoms with Gasteiger partial charge >= 0.3 is 0 Å². The van der Waals surface area contributed by atoms with Crippen molar-refractivity contribution in [3.63, 3.8) is 0 Å². The molecule has 1 atom stereocenters. The summed E-state index contributed by atoms with van der Waals surface area (Å²) in [6.07, 6.45) is 1.04. The highest BCUT2D eigenvalue weighted by molar-refractivity contribution is 5.76. The first-order chi connectivity index (χ1) is 12.6. The lowest BCUT2D eigenvalue weighted by Crippen LogP contribution is -2.26. The van der Waals surface area contributed by atoms with Crippen molar-refractivity contribution in [2.75, 3.05) is 20.8 Å². The van der Waals surface area contributed by atoms with Gasteiger partial charge in [0.05, 0.1) is 26.9 Å². The van der Waals surface area contributed by atoms with E-state index in [-0.39, 0.29) is 11.9 Å². The standard InChI is InChI=1S/C21H27NO4/c1-5-26-18-8-6-7-17(14-18)15(2)22-21(23)12-10-16-9-11-19(24-3)20(13-16)25-4/h6-9,11,13-15H,5,10,12H2,1-4H3,(H,22,23). The number of hydrogen-bond acceptors (Lipinski definition) is 4. The zero-order valence-electron chi connectivity index (χ0n) is 15.9. The maximum Gasteiger partial charge on any atom is 0.220 e. The lowest BCUT2D eigenvalue weighted by Gasteiger charge is -2.16. The minimum atomic E-state index is -0.0756. The van der Waals surface area contributed by atoms with Crippen molar-refractivity contribution >= 4 is 5.91 Å². The second kappa shape index (κ2) is 9.70. The van der Waals surface area contributed by atoms with Crippen LogP contribution in [0.1, 0.15) is 37.4 Å². The van der Waals surface area contributed by atoms with Crippen molar-refractivity contribution in [2.45, 2.75) is 32.7 Å². The van der Waals surface area contributed by atoms with E-state index in [0.717, 1.165) is 16.9 Å². The molecule has 1 amide bonds. The Hall–Kier alpha value is -2.69. The van der Waals surface area contributed by atoms with Gasteiger partial charge < -0.3 is 19.5 Å². The van der Waals surface area contributed by atoms with Gasteiger partial charge in [-0.3, -0.25) is 4.79 Å². The van der Waals surface area contributed by atoms with Crippen molar-refractivity contribution in [1.82, 2.24) is 5.32 Å². The van der Waals surface area contributed by atoms with E-state index in [1.54, 1.807) is 14.2 Å². The summed E-state index contributed by atoms with van der Waals surface area (Å²) in [7, 11) is 3.21. The van der Waals surface area contributed by atoms with Gasteiger partial charge in [-0.15, -0.1) is 0 Å². The van der Waals surface area contributed by atoms with E-state index < -0.39 is 0 Å². The van der Waals surface area contributed by atoms with E-state index in [1.807, 2.05) is 56.3 Å². The molecule has 0 radical (unpaired) electrons. The summed E-state index contributed by atoms with van der Waals surface area (Å²) in [5.41, 5.74) is 2.05. The van der Waals surface area contributed by atoms with Crippen LogP contribution in [0.4, 0.5) is 0 Å². The second-order valence-corrected chi connectivity index (χ2v) is 5.98. The van der Waals surface area contributed by atoms with Gasteiger partial charge in [0, 0.05) is 6.42 Å². The average molecular weight is 357 g/mol. The Labute approximate surface area is 155 Å². The van der Waals surface area contributed by atoms with Crippen LogP contribution in [0.5, 0.6) is 17.2 Å². The fraction of sp³-hybridized carbons (Fsp3) is 0.381. The summed E-state index contributed by atoms with van der Waals surface area (Å²) in [4.78, 5) is 12.3. The van der Waals surface area contributed by atoms with Crippen molar-refractivity contribution in [1.29, 1.82) is 0 Å². The Kier molecular flexibility index (Phi) is 7.33. The molecule has 0 saturated carbocycles. The Bertz CT molecular complexity index is 730. The van der Waals surface area contributed by atoms with Crippen LogP contribution in [0.15, 0.2) is 42.5 Å². The first-order valence-corrected chi connectivity index (χ1v) is 8.80. The summed E-state index contributed by atoms with van der Waals surface area (Å²) < 4.78 is 16.0. The molecule has 5 heteroatoms. The van der Waals surface area contributed by atoms with Crippen LogP contribution in [0, 0.1) is 0 Å². The predicted octanol–water partition coefficient (Wildman–Crippen LogP) is 3.91. The normalized spacial score (nSPS) is 11.5. The van der Waals surface area contributed by atoms with Gasteiger partial charge in [0.15, 0.2) is 11.5 Å². The van der Waals surface area contributed by atoms with Crippen molar-refractivity contribution in [3.05, 3.63) is 53.6 Å². The van der Waals surface area contributed by atoms with Crippen molar-refractivity contribution in [2.24, 2.45) is 0 Å². The number of nitrogens with one attached hydrogen (secondary N) is 1.